The number of aromatic hydroxyl groups is 1. The predicted molar refractivity (Wildman–Crippen MR) is 73.3 cm³/mol. The van der Waals surface area contributed by atoms with E-state index >= 15 is 0 Å². The maximum absolute atomic E-state index is 10.2. The van der Waals surface area contributed by atoms with Gasteiger partial charge in [0.05, 0.1) is 13.4 Å². The zero-order chi connectivity index (χ0) is 15.5. The average Bonchev–Trinajstić information content (AvgIpc) is 2.38. The number of carbonyl (C=O) groups excluding carboxylic acids is 1. The lowest BCUT2D eigenvalue weighted by Crippen LogP contribution is -1.87. The molecule has 0 amide bonds. The van der Waals surface area contributed by atoms with Crippen LogP contribution < -0.4 is 4.74 Å². The number of esters is 1. The number of carboxylic acids is 1. The van der Waals surface area contributed by atoms with Crippen LogP contribution in [0.3, 0.4) is 0 Å². The Morgan fingerprint density at radius 1 is 1.35 bits per heavy atom. The first-order valence-corrected chi connectivity index (χ1v) is 5.46. The maximum atomic E-state index is 10.2. The van der Waals surface area contributed by atoms with Crippen LogP contribution in [0.2, 0.25) is 0 Å². The standard InChI is InChI=1S/C10H10O4.C4H6O2/c1-14-9-6-7(2-4-8(9)11)3-5-10(12)13;1-3-6-4(2)5/h2-6,11H,1H3,(H,12,13);3H,1H2,2H3. The Morgan fingerprint density at radius 2 is 2.00 bits per heavy atom. The molecule has 0 radical (unpaired) electrons. The molecule has 20 heavy (non-hydrogen) atoms. The molecule has 0 atom stereocenters. The highest BCUT2D eigenvalue weighted by Crippen LogP contribution is 2.26. The summed E-state index contributed by atoms with van der Waals surface area (Å²) >= 11 is 0. The molecule has 108 valence electrons. The smallest absolute Gasteiger partial charge is 0.328 e. The van der Waals surface area contributed by atoms with Gasteiger partial charge in [0.15, 0.2) is 11.5 Å². The number of phenolic OH excluding ortho intramolecular Hbond substituents is 1. The van der Waals surface area contributed by atoms with Gasteiger partial charge in [0.25, 0.3) is 0 Å². The third-order valence-corrected chi connectivity index (χ3v) is 1.87. The molecule has 0 saturated heterocycles. The molecule has 0 aliphatic rings. The third-order valence-electron chi connectivity index (χ3n) is 1.87. The van der Waals surface area contributed by atoms with E-state index in [0.717, 1.165) is 12.3 Å². The van der Waals surface area contributed by atoms with E-state index in [0.29, 0.717) is 11.3 Å². The quantitative estimate of drug-likeness (QED) is 0.499. The van der Waals surface area contributed by atoms with E-state index in [1.807, 2.05) is 0 Å². The number of hydrogen-bond acceptors (Lipinski definition) is 5. The molecule has 2 N–H and O–H groups in total. The number of carbonyl (C=O) groups is 2. The highest BCUT2D eigenvalue weighted by atomic mass is 16.5. The van der Waals surface area contributed by atoms with Crippen LogP contribution in [0.4, 0.5) is 0 Å². The lowest BCUT2D eigenvalue weighted by molar-refractivity contribution is -0.135. The van der Waals surface area contributed by atoms with Crippen LogP contribution in [0, 0.1) is 0 Å². The highest BCUT2D eigenvalue weighted by Gasteiger charge is 2.00. The number of carboxylic acid groups (broad SMARTS) is 1. The Bertz CT molecular complexity index is 504. The van der Waals surface area contributed by atoms with Gasteiger partial charge in [-0.15, -0.1) is 0 Å². The molecule has 0 fully saturated rings. The van der Waals surface area contributed by atoms with Crippen LogP contribution in [0.5, 0.6) is 11.5 Å². The lowest BCUT2D eigenvalue weighted by atomic mass is 10.2. The summed E-state index contributed by atoms with van der Waals surface area (Å²) in [6.45, 7) is 4.48. The highest BCUT2D eigenvalue weighted by molar-refractivity contribution is 5.85. The monoisotopic (exact) mass is 280 g/mol. The van der Waals surface area contributed by atoms with Gasteiger partial charge in [0.2, 0.25) is 0 Å². The summed E-state index contributed by atoms with van der Waals surface area (Å²) in [4.78, 5) is 20.0. The van der Waals surface area contributed by atoms with E-state index in [1.54, 1.807) is 12.1 Å². The molecule has 0 bridgehead atoms. The Balaban J connectivity index is 0.000000511. The Morgan fingerprint density at radius 3 is 2.40 bits per heavy atom. The maximum Gasteiger partial charge on any atom is 0.328 e. The molecular weight excluding hydrogens is 264 g/mol. The molecule has 6 nitrogen and oxygen atoms in total. The van der Waals surface area contributed by atoms with Crippen molar-refractivity contribution in [3.05, 3.63) is 42.7 Å². The average molecular weight is 280 g/mol. The summed E-state index contributed by atoms with van der Waals surface area (Å²) < 4.78 is 9.03. The van der Waals surface area contributed by atoms with Crippen molar-refractivity contribution in [2.75, 3.05) is 7.11 Å². The van der Waals surface area contributed by atoms with E-state index in [1.165, 1.54) is 26.2 Å². The van der Waals surface area contributed by atoms with Gasteiger partial charge >= 0.3 is 11.9 Å². The van der Waals surface area contributed by atoms with Crippen LogP contribution in [0.1, 0.15) is 12.5 Å². The minimum atomic E-state index is -1.02. The zero-order valence-corrected chi connectivity index (χ0v) is 11.2. The molecule has 0 aliphatic carbocycles. The Labute approximate surface area is 116 Å². The Kier molecular flexibility index (Phi) is 7.94. The van der Waals surface area contributed by atoms with E-state index < -0.39 is 5.97 Å². The molecule has 0 unspecified atom stereocenters. The lowest BCUT2D eigenvalue weighted by Gasteiger charge is -2.03. The number of benzene rings is 1. The molecule has 0 aromatic heterocycles. The van der Waals surface area contributed by atoms with E-state index in [-0.39, 0.29) is 11.7 Å². The van der Waals surface area contributed by atoms with E-state index in [9.17, 15) is 14.7 Å². The fraction of sp³-hybridized carbons (Fsp3) is 0.143. The van der Waals surface area contributed by atoms with Gasteiger partial charge in [-0.2, -0.15) is 0 Å². The van der Waals surface area contributed by atoms with Crippen molar-refractivity contribution in [3.8, 4) is 11.5 Å². The van der Waals surface area contributed by atoms with Gasteiger partial charge in [-0.1, -0.05) is 12.6 Å². The van der Waals surface area contributed by atoms with Crippen LogP contribution >= 0.6 is 0 Å². The number of aliphatic carboxylic acids is 1. The minimum absolute atomic E-state index is 0.0278. The summed E-state index contributed by atoms with van der Waals surface area (Å²) in [6.07, 6.45) is 3.54. The van der Waals surface area contributed by atoms with Crippen LogP contribution in [0.25, 0.3) is 6.08 Å². The molecule has 0 spiro atoms. The summed E-state index contributed by atoms with van der Waals surface area (Å²) in [5.41, 5.74) is 0.655. The van der Waals surface area contributed by atoms with Gasteiger partial charge in [-0.25, -0.2) is 4.79 Å². The van der Waals surface area contributed by atoms with Crippen molar-refractivity contribution >= 4 is 18.0 Å². The second kappa shape index (κ2) is 9.21. The molecule has 1 aromatic carbocycles. The first kappa shape index (κ1) is 17.2. The second-order valence-electron chi connectivity index (χ2n) is 3.38. The SMILES string of the molecule is C=COC(C)=O.COc1cc(C=CC(=O)O)ccc1O. The molecule has 6 heteroatoms. The number of phenols is 1. The van der Waals surface area contributed by atoms with Crippen molar-refractivity contribution in [2.45, 2.75) is 6.92 Å². The second-order valence-corrected chi connectivity index (χ2v) is 3.38. The fourth-order valence-electron chi connectivity index (χ4n) is 1.08. The normalized spacial score (nSPS) is 9.30. The van der Waals surface area contributed by atoms with E-state index in [2.05, 4.69) is 11.3 Å². The number of rotatable bonds is 4. The molecule has 0 aliphatic heterocycles. The topological polar surface area (TPSA) is 93.1 Å². The molecule has 1 rings (SSSR count). The molecule has 0 heterocycles. The first-order valence-electron chi connectivity index (χ1n) is 5.46. The van der Waals surface area contributed by atoms with Gasteiger partial charge in [0.1, 0.15) is 0 Å². The zero-order valence-electron chi connectivity index (χ0n) is 11.2. The summed E-state index contributed by atoms with van der Waals surface area (Å²) in [7, 11) is 1.43. The molecular formula is C14H16O6. The Hall–Kier alpha value is -2.76. The number of hydrogen-bond donors (Lipinski definition) is 2. The van der Waals surface area contributed by atoms with Gasteiger partial charge in [-0.05, 0) is 23.8 Å². The first-order chi connectivity index (χ1) is 9.40. The summed E-state index contributed by atoms with van der Waals surface area (Å²) in [5.74, 6) is -1.00. The summed E-state index contributed by atoms with van der Waals surface area (Å²) in [5, 5.41) is 17.6. The van der Waals surface area contributed by atoms with Gasteiger partial charge < -0.3 is 19.7 Å². The fourth-order valence-corrected chi connectivity index (χ4v) is 1.08. The van der Waals surface area contributed by atoms with Crippen LogP contribution in [-0.2, 0) is 14.3 Å². The van der Waals surface area contributed by atoms with Crippen molar-refractivity contribution in [2.24, 2.45) is 0 Å². The predicted octanol–water partition coefficient (Wildman–Crippen LogP) is 2.19. The van der Waals surface area contributed by atoms with Crippen LogP contribution in [-0.4, -0.2) is 29.3 Å². The minimum Gasteiger partial charge on any atom is -0.504 e. The van der Waals surface area contributed by atoms with Crippen molar-refractivity contribution < 1.29 is 29.3 Å². The third kappa shape index (κ3) is 7.54. The summed E-state index contributed by atoms with van der Waals surface area (Å²) in [6, 6.07) is 4.59. The number of methoxy groups -OCH3 is 1. The van der Waals surface area contributed by atoms with Crippen molar-refractivity contribution in [1.82, 2.24) is 0 Å². The van der Waals surface area contributed by atoms with E-state index in [4.69, 9.17) is 9.84 Å². The largest absolute Gasteiger partial charge is 0.504 e. The molecule has 0 saturated carbocycles. The van der Waals surface area contributed by atoms with Crippen molar-refractivity contribution in [3.63, 3.8) is 0 Å². The van der Waals surface area contributed by atoms with Crippen molar-refractivity contribution in [1.29, 1.82) is 0 Å². The van der Waals surface area contributed by atoms with Gasteiger partial charge in [-0.3, -0.25) is 4.79 Å². The number of ether oxygens (including phenoxy) is 2. The molecule has 1 aromatic rings. The van der Waals surface area contributed by atoms with Gasteiger partial charge in [0, 0.05) is 13.0 Å². The van der Waals surface area contributed by atoms with Crippen LogP contribution in [0.15, 0.2) is 37.1 Å².